The van der Waals surface area contributed by atoms with Crippen LogP contribution < -0.4 is 29.6 Å². The van der Waals surface area contributed by atoms with Crippen molar-refractivity contribution in [2.45, 2.75) is 38.0 Å². The average Bonchev–Trinajstić information content (AvgIpc) is 3.09. The molecule has 3 aliphatic heterocycles. The van der Waals surface area contributed by atoms with Crippen LogP contribution in [0, 0.1) is 5.82 Å². The average molecular weight is 643 g/mol. The maximum absolute atomic E-state index is 14.5. The number of piperidine rings is 1. The van der Waals surface area contributed by atoms with E-state index in [-0.39, 0.29) is 49.1 Å². The molecule has 4 bridgehead atoms. The molecule has 7 rings (SSSR count). The van der Waals surface area contributed by atoms with Crippen LogP contribution in [0.1, 0.15) is 34.5 Å². The molecule has 0 saturated carbocycles. The second-order valence-electron chi connectivity index (χ2n) is 11.4. The number of aryl methyl sites for hydroxylation is 1. The quantitative estimate of drug-likeness (QED) is 0.346. The highest BCUT2D eigenvalue weighted by Gasteiger charge is 2.35. The molecule has 2 N–H and O–H groups in total. The fraction of sp³-hybridized carbons (Fsp3) is 0.314. The number of likely N-dealkylation sites (tertiary alicyclic amines) is 1. The summed E-state index contributed by atoms with van der Waals surface area (Å²) in [6, 6.07) is 17.9. The summed E-state index contributed by atoms with van der Waals surface area (Å²) in [5, 5.41) is 6.52. The molecule has 11 nitrogen and oxygen atoms in total. The molecule has 1 saturated heterocycles. The molecule has 1 aromatic heterocycles. The van der Waals surface area contributed by atoms with Crippen molar-refractivity contribution in [1.29, 1.82) is 0 Å². The topological polar surface area (TPSA) is 128 Å². The highest BCUT2D eigenvalue weighted by molar-refractivity contribution is 5.95. The number of nitrogens with one attached hydrogen (secondary N) is 2. The van der Waals surface area contributed by atoms with Gasteiger partial charge in [-0.2, -0.15) is 0 Å². The zero-order valence-corrected chi connectivity index (χ0v) is 26.1. The molecule has 1 fully saturated rings. The third kappa shape index (κ3) is 7.21. The molecule has 3 aromatic carbocycles. The molecular formula is C35H35FN4O7. The summed E-state index contributed by atoms with van der Waals surface area (Å²) in [5.74, 6) is 0.396. The predicted molar refractivity (Wildman–Crippen MR) is 170 cm³/mol. The van der Waals surface area contributed by atoms with Gasteiger partial charge in [0.05, 0.1) is 20.3 Å². The van der Waals surface area contributed by atoms with Crippen molar-refractivity contribution < 1.29 is 37.7 Å². The maximum Gasteiger partial charge on any atom is 0.272 e. The number of hydrogen-bond donors (Lipinski definition) is 2. The lowest BCUT2D eigenvalue weighted by Crippen LogP contribution is -2.58. The Balaban J connectivity index is 1.27. The van der Waals surface area contributed by atoms with Gasteiger partial charge in [-0.15, -0.1) is 0 Å². The number of methoxy groups -OCH3 is 2. The molecule has 0 aliphatic carbocycles. The van der Waals surface area contributed by atoms with Crippen molar-refractivity contribution in [2.24, 2.45) is 0 Å². The fourth-order valence-electron chi connectivity index (χ4n) is 5.83. The van der Waals surface area contributed by atoms with Gasteiger partial charge in [0.1, 0.15) is 34.6 Å². The van der Waals surface area contributed by atoms with Gasteiger partial charge in [0.2, 0.25) is 5.91 Å². The zero-order valence-electron chi connectivity index (χ0n) is 26.1. The van der Waals surface area contributed by atoms with Crippen molar-refractivity contribution in [3.05, 3.63) is 89.4 Å². The number of ether oxygens (including phenoxy) is 4. The summed E-state index contributed by atoms with van der Waals surface area (Å²) in [6.07, 6.45) is 0.572. The van der Waals surface area contributed by atoms with Crippen LogP contribution in [0.3, 0.4) is 0 Å². The van der Waals surface area contributed by atoms with Crippen molar-refractivity contribution in [2.75, 3.05) is 33.9 Å². The van der Waals surface area contributed by atoms with E-state index in [1.807, 2.05) is 12.1 Å². The molecule has 0 unspecified atom stereocenters. The molecule has 2 atom stereocenters. The van der Waals surface area contributed by atoms with E-state index in [0.717, 1.165) is 11.1 Å². The van der Waals surface area contributed by atoms with Gasteiger partial charge < -0.3 is 34.5 Å². The number of halogens is 1. The summed E-state index contributed by atoms with van der Waals surface area (Å²) < 4.78 is 37.7. The smallest absolute Gasteiger partial charge is 0.272 e. The maximum atomic E-state index is 14.5. The summed E-state index contributed by atoms with van der Waals surface area (Å²) >= 11 is 0. The summed E-state index contributed by atoms with van der Waals surface area (Å²) in [7, 11) is 3.05. The first-order valence-electron chi connectivity index (χ1n) is 15.3. The van der Waals surface area contributed by atoms with E-state index in [0.29, 0.717) is 47.8 Å². The van der Waals surface area contributed by atoms with Crippen molar-refractivity contribution in [3.63, 3.8) is 0 Å². The number of rotatable bonds is 3. The molecule has 12 heteroatoms. The Hall–Kier alpha value is -5.39. The number of hydrogen-bond acceptors (Lipinski definition) is 8. The van der Waals surface area contributed by atoms with Gasteiger partial charge in [0.15, 0.2) is 18.1 Å². The second-order valence-corrected chi connectivity index (χ2v) is 11.4. The minimum Gasteiger partial charge on any atom is -0.496 e. The predicted octanol–water partition coefficient (Wildman–Crippen LogP) is 3.81. The van der Waals surface area contributed by atoms with Gasteiger partial charge >= 0.3 is 0 Å². The Kier molecular flexibility index (Phi) is 9.37. The van der Waals surface area contributed by atoms with Gasteiger partial charge in [-0.1, -0.05) is 24.3 Å². The van der Waals surface area contributed by atoms with Gasteiger partial charge in [0, 0.05) is 49.5 Å². The third-order valence-corrected chi connectivity index (χ3v) is 8.32. The molecule has 4 aromatic rings. The van der Waals surface area contributed by atoms with Crippen LogP contribution in [0.25, 0.3) is 10.9 Å². The lowest BCUT2D eigenvalue weighted by atomic mass is 10.0. The number of pyridine rings is 1. The van der Waals surface area contributed by atoms with Gasteiger partial charge in [0.25, 0.3) is 11.8 Å². The molecule has 3 amide bonds. The molecule has 4 heterocycles. The first kappa shape index (κ1) is 31.6. The number of aromatic nitrogens is 1. The van der Waals surface area contributed by atoms with Crippen LogP contribution in [0.4, 0.5) is 4.39 Å². The van der Waals surface area contributed by atoms with E-state index in [2.05, 4.69) is 15.6 Å². The number of nitrogens with zero attached hydrogens (tertiary/aromatic N) is 2. The van der Waals surface area contributed by atoms with Gasteiger partial charge in [-0.05, 0) is 48.4 Å². The first-order valence-corrected chi connectivity index (χ1v) is 15.3. The highest BCUT2D eigenvalue weighted by Crippen LogP contribution is 2.30. The summed E-state index contributed by atoms with van der Waals surface area (Å²) in [4.78, 5) is 45.4. The molecule has 0 spiro atoms. The van der Waals surface area contributed by atoms with E-state index in [1.54, 1.807) is 60.5 Å². The third-order valence-electron chi connectivity index (χ3n) is 8.32. The molecule has 47 heavy (non-hydrogen) atoms. The van der Waals surface area contributed by atoms with E-state index < -0.39 is 23.9 Å². The van der Waals surface area contributed by atoms with E-state index >= 15 is 0 Å². The fourth-order valence-corrected chi connectivity index (χ4v) is 5.83. The first-order chi connectivity index (χ1) is 22.8. The van der Waals surface area contributed by atoms with E-state index in [9.17, 15) is 18.8 Å². The Morgan fingerprint density at radius 2 is 1.83 bits per heavy atom. The Morgan fingerprint density at radius 1 is 0.979 bits per heavy atom. The highest BCUT2D eigenvalue weighted by atomic mass is 19.1. The van der Waals surface area contributed by atoms with Gasteiger partial charge in [-0.3, -0.25) is 14.4 Å². The normalized spacial score (nSPS) is 18.7. The van der Waals surface area contributed by atoms with Crippen LogP contribution in [-0.4, -0.2) is 73.7 Å². The Bertz CT molecular complexity index is 1820. The Labute approximate surface area is 271 Å². The Morgan fingerprint density at radius 3 is 2.66 bits per heavy atom. The zero-order chi connectivity index (χ0) is 32.9. The lowest BCUT2D eigenvalue weighted by Gasteiger charge is -2.38. The lowest BCUT2D eigenvalue weighted by molar-refractivity contribution is -0.125. The monoisotopic (exact) mass is 642 g/mol. The standard InChI is InChI=1S/C35H35FN4O7/c1-44-29-12-6-21-7-13-32(41)37-18-23-8-10-24(17-30(23)45-2)47-28-14-15-40(19-27(28)38-33(42)20-46-31(29)16-21)35(43)26-11-9-22-4-3-5-25(36)34(22)39-26/h3-6,8-12,16-17,27-28H,7,13-15,18-20H2,1-2H3,(H,37,41)(H,38,42)/t27-,28+/m1/s1. The second kappa shape index (κ2) is 13.9. The van der Waals surface area contributed by atoms with Crippen molar-refractivity contribution >= 4 is 28.6 Å². The molecule has 0 radical (unpaired) electrons. The van der Waals surface area contributed by atoms with Crippen molar-refractivity contribution in [1.82, 2.24) is 20.5 Å². The van der Waals surface area contributed by atoms with Crippen LogP contribution in [0.2, 0.25) is 0 Å². The summed E-state index contributed by atoms with van der Waals surface area (Å²) in [6.45, 7) is 0.373. The van der Waals surface area contributed by atoms with Crippen LogP contribution in [0.5, 0.6) is 23.0 Å². The van der Waals surface area contributed by atoms with E-state index in [1.165, 1.54) is 13.2 Å². The van der Waals surface area contributed by atoms with Crippen LogP contribution >= 0.6 is 0 Å². The number of carbonyl (C=O) groups is 3. The number of carbonyl (C=O) groups excluding carboxylic acids is 3. The molecular weight excluding hydrogens is 607 g/mol. The van der Waals surface area contributed by atoms with E-state index in [4.69, 9.17) is 18.9 Å². The number of amides is 3. The van der Waals surface area contributed by atoms with Crippen LogP contribution in [0.15, 0.2) is 66.7 Å². The summed E-state index contributed by atoms with van der Waals surface area (Å²) in [5.41, 5.74) is 1.83. The van der Waals surface area contributed by atoms with Crippen molar-refractivity contribution in [3.8, 4) is 23.0 Å². The number of para-hydroxylation sites is 1. The number of fused-ring (bicyclic) bond motifs is 10. The SMILES string of the molecule is COc1cc2ccc1CNC(=O)CCc1ccc(OC)c(c1)OCC(=O)N[C@@H]1CN(C(=O)c3ccc4cccc(F)c4n3)CC[C@@H]1O2. The number of benzene rings is 3. The minimum absolute atomic E-state index is 0.104. The minimum atomic E-state index is -0.624. The molecule has 244 valence electrons. The van der Waals surface area contributed by atoms with Gasteiger partial charge in [-0.25, -0.2) is 9.37 Å². The van der Waals surface area contributed by atoms with Crippen LogP contribution in [-0.2, 0) is 22.6 Å². The molecule has 3 aliphatic rings. The largest absolute Gasteiger partial charge is 0.496 e.